The molecule has 0 bridgehead atoms. The van der Waals surface area contributed by atoms with Gasteiger partial charge in [-0.2, -0.15) is 0 Å². The molecule has 1 aromatic heterocycles. The maximum Gasteiger partial charge on any atom is 0.253 e. The SMILES string of the molecule is C#CCNC(=O)c1ccc(NCC2(OC)CCOCC2)nc1. The second kappa shape index (κ2) is 7.78. The number of methoxy groups -OCH3 is 1. The third kappa shape index (κ3) is 4.20. The van der Waals surface area contributed by atoms with Gasteiger partial charge in [-0.25, -0.2) is 4.98 Å². The van der Waals surface area contributed by atoms with Crippen LogP contribution in [0.15, 0.2) is 18.3 Å². The normalized spacial score (nSPS) is 16.5. The van der Waals surface area contributed by atoms with E-state index in [1.165, 1.54) is 6.20 Å². The van der Waals surface area contributed by atoms with Gasteiger partial charge in [0.1, 0.15) is 5.82 Å². The topological polar surface area (TPSA) is 72.5 Å². The number of aromatic nitrogens is 1. The van der Waals surface area contributed by atoms with Crippen molar-refractivity contribution in [1.29, 1.82) is 0 Å². The molecule has 0 radical (unpaired) electrons. The molecule has 1 aliphatic rings. The molecule has 6 nitrogen and oxygen atoms in total. The fourth-order valence-electron chi connectivity index (χ4n) is 2.31. The monoisotopic (exact) mass is 303 g/mol. The van der Waals surface area contributed by atoms with Gasteiger partial charge in [-0.3, -0.25) is 4.79 Å². The van der Waals surface area contributed by atoms with Crippen molar-refractivity contribution in [3.8, 4) is 12.3 Å². The first-order chi connectivity index (χ1) is 10.7. The van der Waals surface area contributed by atoms with Crippen LogP contribution in [0.5, 0.6) is 0 Å². The Kier molecular flexibility index (Phi) is 5.75. The molecule has 1 amide bonds. The molecule has 1 saturated heterocycles. The second-order valence-electron chi connectivity index (χ2n) is 5.17. The van der Waals surface area contributed by atoms with Crippen molar-refractivity contribution in [2.75, 3.05) is 38.7 Å². The number of hydrogen-bond acceptors (Lipinski definition) is 5. The van der Waals surface area contributed by atoms with Crippen LogP contribution in [0.1, 0.15) is 23.2 Å². The zero-order chi connectivity index (χ0) is 15.8. The molecule has 0 spiro atoms. The van der Waals surface area contributed by atoms with Gasteiger partial charge in [-0.05, 0) is 12.1 Å². The number of hydrogen-bond donors (Lipinski definition) is 2. The van der Waals surface area contributed by atoms with Crippen molar-refractivity contribution in [2.24, 2.45) is 0 Å². The predicted octanol–water partition coefficient (Wildman–Crippen LogP) is 1.05. The van der Waals surface area contributed by atoms with Crippen LogP contribution < -0.4 is 10.6 Å². The van der Waals surface area contributed by atoms with E-state index in [0.717, 1.165) is 12.8 Å². The number of amides is 1. The van der Waals surface area contributed by atoms with Crippen molar-refractivity contribution >= 4 is 11.7 Å². The highest BCUT2D eigenvalue weighted by Crippen LogP contribution is 2.24. The number of terminal acetylenes is 1. The number of carbonyl (C=O) groups excluding carboxylic acids is 1. The molecular weight excluding hydrogens is 282 g/mol. The number of nitrogens with zero attached hydrogens (tertiary/aromatic N) is 1. The minimum absolute atomic E-state index is 0.206. The highest BCUT2D eigenvalue weighted by atomic mass is 16.5. The second-order valence-corrected chi connectivity index (χ2v) is 5.17. The van der Waals surface area contributed by atoms with E-state index in [9.17, 15) is 4.79 Å². The minimum atomic E-state index is -0.227. The summed E-state index contributed by atoms with van der Waals surface area (Å²) in [5.41, 5.74) is 0.260. The first-order valence-electron chi connectivity index (χ1n) is 7.24. The molecule has 0 atom stereocenters. The first-order valence-corrected chi connectivity index (χ1v) is 7.24. The molecule has 0 unspecified atom stereocenters. The fourth-order valence-corrected chi connectivity index (χ4v) is 2.31. The Hall–Kier alpha value is -2.10. The highest BCUT2D eigenvalue weighted by molar-refractivity contribution is 5.94. The molecule has 0 aliphatic carbocycles. The highest BCUT2D eigenvalue weighted by Gasteiger charge is 2.32. The van der Waals surface area contributed by atoms with Crippen molar-refractivity contribution < 1.29 is 14.3 Å². The summed E-state index contributed by atoms with van der Waals surface area (Å²) in [7, 11) is 1.72. The maximum atomic E-state index is 11.7. The Morgan fingerprint density at radius 2 is 2.27 bits per heavy atom. The van der Waals surface area contributed by atoms with Gasteiger partial charge in [0.25, 0.3) is 5.91 Å². The van der Waals surface area contributed by atoms with E-state index in [0.29, 0.717) is 31.1 Å². The number of ether oxygens (including phenoxy) is 2. The molecule has 2 heterocycles. The van der Waals surface area contributed by atoms with Gasteiger partial charge < -0.3 is 20.1 Å². The number of pyridine rings is 1. The summed E-state index contributed by atoms with van der Waals surface area (Å²) in [6, 6.07) is 3.48. The third-order valence-corrected chi connectivity index (χ3v) is 3.81. The minimum Gasteiger partial charge on any atom is -0.381 e. The lowest BCUT2D eigenvalue weighted by molar-refractivity contribution is -0.0807. The summed E-state index contributed by atoms with van der Waals surface area (Å²) in [6.45, 7) is 2.27. The summed E-state index contributed by atoms with van der Waals surface area (Å²) in [4.78, 5) is 16.0. The molecule has 6 heteroatoms. The largest absolute Gasteiger partial charge is 0.381 e. The molecule has 2 N–H and O–H groups in total. The van der Waals surface area contributed by atoms with E-state index in [2.05, 4.69) is 21.5 Å². The van der Waals surface area contributed by atoms with Crippen LogP contribution in [0.4, 0.5) is 5.82 Å². The lowest BCUT2D eigenvalue weighted by atomic mass is 9.94. The standard InChI is InChI=1S/C16H21N3O3/c1-3-8-17-15(20)13-4-5-14(18-11-13)19-12-16(21-2)6-9-22-10-7-16/h1,4-5,11H,6-10,12H2,2H3,(H,17,20)(H,18,19). The predicted molar refractivity (Wildman–Crippen MR) is 83.7 cm³/mol. The average Bonchev–Trinajstić information content (AvgIpc) is 2.59. The smallest absolute Gasteiger partial charge is 0.253 e. The van der Waals surface area contributed by atoms with Gasteiger partial charge in [-0.15, -0.1) is 6.42 Å². The van der Waals surface area contributed by atoms with Crippen LogP contribution in [0, 0.1) is 12.3 Å². The molecule has 118 valence electrons. The third-order valence-electron chi connectivity index (χ3n) is 3.81. The number of carbonyl (C=O) groups is 1. The first kappa shape index (κ1) is 16.3. The van der Waals surface area contributed by atoms with Crippen molar-refractivity contribution in [1.82, 2.24) is 10.3 Å². The van der Waals surface area contributed by atoms with Crippen LogP contribution in [-0.2, 0) is 9.47 Å². The molecule has 22 heavy (non-hydrogen) atoms. The fraction of sp³-hybridized carbons (Fsp3) is 0.500. The summed E-state index contributed by atoms with van der Waals surface area (Å²) >= 11 is 0. The quantitative estimate of drug-likeness (QED) is 0.769. The summed E-state index contributed by atoms with van der Waals surface area (Å²) in [6.07, 6.45) is 8.33. The summed E-state index contributed by atoms with van der Waals surface area (Å²) < 4.78 is 11.0. The molecule has 0 aromatic carbocycles. The van der Waals surface area contributed by atoms with E-state index < -0.39 is 0 Å². The van der Waals surface area contributed by atoms with Crippen molar-refractivity contribution in [3.63, 3.8) is 0 Å². The molecule has 1 fully saturated rings. The van der Waals surface area contributed by atoms with E-state index >= 15 is 0 Å². The Morgan fingerprint density at radius 3 is 2.86 bits per heavy atom. The molecule has 1 aliphatic heterocycles. The Labute approximate surface area is 130 Å². The van der Waals surface area contributed by atoms with Crippen LogP contribution >= 0.6 is 0 Å². The van der Waals surface area contributed by atoms with E-state index in [1.54, 1.807) is 19.2 Å². The van der Waals surface area contributed by atoms with E-state index in [-0.39, 0.29) is 18.1 Å². The van der Waals surface area contributed by atoms with Gasteiger partial charge in [-0.1, -0.05) is 5.92 Å². The van der Waals surface area contributed by atoms with Crippen molar-refractivity contribution in [3.05, 3.63) is 23.9 Å². The van der Waals surface area contributed by atoms with Crippen LogP contribution in [0.3, 0.4) is 0 Å². The maximum absolute atomic E-state index is 11.7. The van der Waals surface area contributed by atoms with Gasteiger partial charge in [0.2, 0.25) is 0 Å². The number of anilines is 1. The summed E-state index contributed by atoms with van der Waals surface area (Å²) in [5, 5.41) is 5.86. The zero-order valence-corrected chi connectivity index (χ0v) is 12.7. The lowest BCUT2D eigenvalue weighted by Gasteiger charge is -2.36. The van der Waals surface area contributed by atoms with Crippen LogP contribution in [-0.4, -0.2) is 49.9 Å². The van der Waals surface area contributed by atoms with E-state index in [1.807, 2.05) is 0 Å². The van der Waals surface area contributed by atoms with Gasteiger partial charge in [0.05, 0.1) is 17.7 Å². The zero-order valence-electron chi connectivity index (χ0n) is 12.7. The molecule has 2 rings (SSSR count). The van der Waals surface area contributed by atoms with Gasteiger partial charge in [0, 0.05) is 45.9 Å². The lowest BCUT2D eigenvalue weighted by Crippen LogP contribution is -2.44. The van der Waals surface area contributed by atoms with Gasteiger partial charge in [0.15, 0.2) is 0 Å². The van der Waals surface area contributed by atoms with Crippen LogP contribution in [0.25, 0.3) is 0 Å². The number of rotatable bonds is 6. The summed E-state index contributed by atoms with van der Waals surface area (Å²) in [5.74, 6) is 2.84. The average molecular weight is 303 g/mol. The molecular formula is C16H21N3O3. The molecule has 0 saturated carbocycles. The molecule has 1 aromatic rings. The van der Waals surface area contributed by atoms with Crippen LogP contribution in [0.2, 0.25) is 0 Å². The Morgan fingerprint density at radius 1 is 1.50 bits per heavy atom. The van der Waals surface area contributed by atoms with Gasteiger partial charge >= 0.3 is 0 Å². The van der Waals surface area contributed by atoms with E-state index in [4.69, 9.17) is 15.9 Å². The number of nitrogens with one attached hydrogen (secondary N) is 2. The van der Waals surface area contributed by atoms with Crippen molar-refractivity contribution in [2.45, 2.75) is 18.4 Å². The Bertz CT molecular complexity index is 531. The Balaban J connectivity index is 1.91.